The molecule has 18 heavy (non-hydrogen) atoms. The van der Waals surface area contributed by atoms with Gasteiger partial charge in [0.1, 0.15) is 0 Å². The molecule has 2 rings (SSSR count). The Morgan fingerprint density at radius 2 is 2.22 bits per heavy atom. The minimum absolute atomic E-state index is 0.359. The molecule has 0 spiro atoms. The summed E-state index contributed by atoms with van der Waals surface area (Å²) < 4.78 is 5.37. The van der Waals surface area contributed by atoms with Gasteiger partial charge in [0.15, 0.2) is 0 Å². The zero-order chi connectivity index (χ0) is 13.0. The van der Waals surface area contributed by atoms with E-state index in [-0.39, 0.29) is 0 Å². The fraction of sp³-hybridized carbons (Fsp3) is 0.538. The molecule has 0 aliphatic heterocycles. The van der Waals surface area contributed by atoms with Crippen molar-refractivity contribution < 1.29 is 4.42 Å². The molecular weight excluding hydrogens is 246 g/mol. The number of hydrogen-bond acceptors (Lipinski definition) is 5. The van der Waals surface area contributed by atoms with Crippen molar-refractivity contribution in [3.63, 3.8) is 0 Å². The molecule has 0 saturated carbocycles. The molecule has 2 aromatic rings. The van der Waals surface area contributed by atoms with E-state index in [4.69, 9.17) is 4.42 Å². The van der Waals surface area contributed by atoms with Crippen LogP contribution in [-0.4, -0.2) is 10.2 Å². The Labute approximate surface area is 111 Å². The molecular formula is C13H19N3OS. The van der Waals surface area contributed by atoms with E-state index in [1.54, 1.807) is 18.3 Å². The molecule has 0 radical (unpaired) electrons. The summed E-state index contributed by atoms with van der Waals surface area (Å²) in [5.41, 5.74) is 0. The van der Waals surface area contributed by atoms with Gasteiger partial charge in [0.2, 0.25) is 11.8 Å². The number of aryl methyl sites for hydroxylation is 1. The molecule has 2 heterocycles. The van der Waals surface area contributed by atoms with Crippen molar-refractivity contribution in [3.8, 4) is 0 Å². The molecule has 1 atom stereocenters. The lowest BCUT2D eigenvalue weighted by molar-refractivity contribution is 0.391. The van der Waals surface area contributed by atoms with Gasteiger partial charge in [0.05, 0.1) is 6.54 Å². The highest BCUT2D eigenvalue weighted by Crippen LogP contribution is 2.25. The maximum atomic E-state index is 5.37. The van der Waals surface area contributed by atoms with E-state index in [1.165, 1.54) is 4.88 Å². The summed E-state index contributed by atoms with van der Waals surface area (Å²) >= 11 is 1.78. The Bertz CT molecular complexity index is 464. The Morgan fingerprint density at radius 3 is 2.78 bits per heavy atom. The minimum atomic E-state index is 0.359. The summed E-state index contributed by atoms with van der Waals surface area (Å²) in [6.07, 6.45) is 1.10. The van der Waals surface area contributed by atoms with Crippen molar-refractivity contribution in [2.75, 3.05) is 0 Å². The number of hydrogen-bond donors (Lipinski definition) is 1. The van der Waals surface area contributed by atoms with Gasteiger partial charge in [-0.15, -0.1) is 21.5 Å². The SMILES string of the molecule is Cc1nnc(CNC(CC(C)C)c2cccs2)o1. The fourth-order valence-electron chi connectivity index (χ4n) is 1.88. The van der Waals surface area contributed by atoms with Crippen molar-refractivity contribution in [2.45, 2.75) is 39.8 Å². The predicted molar refractivity (Wildman–Crippen MR) is 72.4 cm³/mol. The molecule has 98 valence electrons. The second-order valence-corrected chi connectivity index (χ2v) is 5.77. The Hall–Kier alpha value is -1.20. The van der Waals surface area contributed by atoms with Crippen LogP contribution in [0.25, 0.3) is 0 Å². The monoisotopic (exact) mass is 265 g/mol. The van der Waals surface area contributed by atoms with Crippen molar-refractivity contribution in [1.29, 1.82) is 0 Å². The van der Waals surface area contributed by atoms with E-state index in [9.17, 15) is 0 Å². The van der Waals surface area contributed by atoms with E-state index in [2.05, 4.69) is 46.9 Å². The van der Waals surface area contributed by atoms with Gasteiger partial charge in [0.25, 0.3) is 0 Å². The smallest absolute Gasteiger partial charge is 0.230 e. The van der Waals surface area contributed by atoms with Crippen molar-refractivity contribution >= 4 is 11.3 Å². The molecule has 0 bridgehead atoms. The lowest BCUT2D eigenvalue weighted by atomic mass is 10.0. The first-order valence-electron chi connectivity index (χ1n) is 6.21. The van der Waals surface area contributed by atoms with Crippen LogP contribution >= 0.6 is 11.3 Å². The summed E-state index contributed by atoms with van der Waals surface area (Å²) in [6.45, 7) is 6.90. The highest BCUT2D eigenvalue weighted by Gasteiger charge is 2.15. The van der Waals surface area contributed by atoms with Crippen molar-refractivity contribution in [3.05, 3.63) is 34.2 Å². The topological polar surface area (TPSA) is 51.0 Å². The van der Waals surface area contributed by atoms with Crippen LogP contribution in [0.4, 0.5) is 0 Å². The van der Waals surface area contributed by atoms with E-state index in [0.717, 1.165) is 6.42 Å². The summed E-state index contributed by atoms with van der Waals surface area (Å²) in [5, 5.41) is 13.4. The standard InChI is InChI=1S/C13H19N3OS/c1-9(2)7-11(12-5-4-6-18-12)14-8-13-16-15-10(3)17-13/h4-6,9,11,14H,7-8H2,1-3H3. The first-order chi connectivity index (χ1) is 8.65. The summed E-state index contributed by atoms with van der Waals surface area (Å²) in [5.74, 6) is 1.91. The van der Waals surface area contributed by atoms with Gasteiger partial charge in [-0.2, -0.15) is 0 Å². The Kier molecular flexibility index (Phi) is 4.49. The highest BCUT2D eigenvalue weighted by atomic mass is 32.1. The van der Waals surface area contributed by atoms with Crippen LogP contribution in [0.3, 0.4) is 0 Å². The minimum Gasteiger partial charge on any atom is -0.424 e. The van der Waals surface area contributed by atoms with Crippen LogP contribution in [0.2, 0.25) is 0 Å². The van der Waals surface area contributed by atoms with Gasteiger partial charge in [-0.25, -0.2) is 0 Å². The number of rotatable bonds is 6. The van der Waals surface area contributed by atoms with Crippen LogP contribution in [0.5, 0.6) is 0 Å². The Balaban J connectivity index is 1.97. The third-order valence-corrected chi connectivity index (χ3v) is 3.65. The first-order valence-corrected chi connectivity index (χ1v) is 7.09. The molecule has 2 aromatic heterocycles. The van der Waals surface area contributed by atoms with Gasteiger partial charge >= 0.3 is 0 Å². The number of aromatic nitrogens is 2. The second kappa shape index (κ2) is 6.11. The molecule has 4 nitrogen and oxygen atoms in total. The molecule has 1 unspecified atom stereocenters. The quantitative estimate of drug-likeness (QED) is 0.870. The van der Waals surface area contributed by atoms with E-state index < -0.39 is 0 Å². The largest absolute Gasteiger partial charge is 0.424 e. The summed E-state index contributed by atoms with van der Waals surface area (Å²) in [4.78, 5) is 1.36. The average Bonchev–Trinajstić information content (AvgIpc) is 2.94. The maximum Gasteiger partial charge on any atom is 0.230 e. The number of thiophene rings is 1. The zero-order valence-electron chi connectivity index (χ0n) is 11.0. The van der Waals surface area contributed by atoms with Crippen molar-refractivity contribution in [1.82, 2.24) is 15.5 Å². The van der Waals surface area contributed by atoms with Gasteiger partial charge in [-0.05, 0) is 23.8 Å². The van der Waals surface area contributed by atoms with E-state index in [1.807, 2.05) is 0 Å². The average molecular weight is 265 g/mol. The van der Waals surface area contributed by atoms with Crippen LogP contribution in [0, 0.1) is 12.8 Å². The van der Waals surface area contributed by atoms with Gasteiger partial charge in [0, 0.05) is 17.8 Å². The van der Waals surface area contributed by atoms with E-state index in [0.29, 0.717) is 30.3 Å². The fourth-order valence-corrected chi connectivity index (χ4v) is 2.70. The predicted octanol–water partition coefficient (Wildman–Crippen LogP) is 3.32. The highest BCUT2D eigenvalue weighted by molar-refractivity contribution is 7.10. The number of nitrogens with one attached hydrogen (secondary N) is 1. The van der Waals surface area contributed by atoms with Crippen LogP contribution < -0.4 is 5.32 Å². The van der Waals surface area contributed by atoms with Crippen molar-refractivity contribution in [2.24, 2.45) is 5.92 Å². The molecule has 0 amide bonds. The van der Waals surface area contributed by atoms with Crippen LogP contribution in [0.15, 0.2) is 21.9 Å². The molecule has 0 aromatic carbocycles. The molecule has 1 N–H and O–H groups in total. The summed E-state index contributed by atoms with van der Waals surface area (Å²) in [7, 11) is 0. The third kappa shape index (κ3) is 3.65. The lowest BCUT2D eigenvalue weighted by Gasteiger charge is -2.18. The normalized spacial score (nSPS) is 13.1. The zero-order valence-corrected chi connectivity index (χ0v) is 11.8. The molecule has 0 fully saturated rings. The molecule has 5 heteroatoms. The molecule has 0 saturated heterocycles. The third-order valence-electron chi connectivity index (χ3n) is 2.66. The van der Waals surface area contributed by atoms with Gasteiger partial charge in [-0.3, -0.25) is 0 Å². The lowest BCUT2D eigenvalue weighted by Crippen LogP contribution is -2.21. The molecule has 0 aliphatic carbocycles. The van der Waals surface area contributed by atoms with Crippen LogP contribution in [0.1, 0.15) is 43.0 Å². The van der Waals surface area contributed by atoms with Crippen LogP contribution in [-0.2, 0) is 6.54 Å². The second-order valence-electron chi connectivity index (χ2n) is 4.79. The van der Waals surface area contributed by atoms with Gasteiger partial charge < -0.3 is 9.73 Å². The maximum absolute atomic E-state index is 5.37. The Morgan fingerprint density at radius 1 is 1.39 bits per heavy atom. The molecule has 0 aliphatic rings. The van der Waals surface area contributed by atoms with E-state index >= 15 is 0 Å². The first kappa shape index (κ1) is 13.2. The van der Waals surface area contributed by atoms with Gasteiger partial charge in [-0.1, -0.05) is 19.9 Å². The number of nitrogens with zero attached hydrogens (tertiary/aromatic N) is 2. The summed E-state index contributed by atoms with van der Waals surface area (Å²) in [6, 6.07) is 4.62.